The minimum atomic E-state index is -0.0580. The van der Waals surface area contributed by atoms with Gasteiger partial charge in [0.15, 0.2) is 0 Å². The lowest BCUT2D eigenvalue weighted by atomic mass is 9.86. The van der Waals surface area contributed by atoms with Crippen LogP contribution in [-0.2, 0) is 23.2 Å². The molecular formula is C22H24ClN3O2. The Bertz CT molecular complexity index is 943. The molecular weight excluding hydrogens is 374 g/mol. The molecule has 0 bridgehead atoms. The number of benzene rings is 2. The summed E-state index contributed by atoms with van der Waals surface area (Å²) in [4.78, 5) is 16.4. The van der Waals surface area contributed by atoms with Crippen LogP contribution < -0.4 is 5.32 Å². The largest absolute Gasteiger partial charge is 0.347 e. The van der Waals surface area contributed by atoms with E-state index in [4.69, 9.17) is 16.1 Å². The highest BCUT2D eigenvalue weighted by atomic mass is 35.5. The van der Waals surface area contributed by atoms with E-state index in [1.807, 2.05) is 18.2 Å². The molecule has 3 aromatic rings. The second-order valence-electron chi connectivity index (χ2n) is 7.72. The van der Waals surface area contributed by atoms with Crippen LogP contribution >= 0.6 is 11.6 Å². The van der Waals surface area contributed by atoms with E-state index in [0.29, 0.717) is 35.1 Å². The lowest BCUT2D eigenvalue weighted by Crippen LogP contribution is -2.23. The van der Waals surface area contributed by atoms with Crippen molar-refractivity contribution in [1.82, 2.24) is 15.5 Å². The molecule has 1 N–H and O–H groups in total. The zero-order chi connectivity index (χ0) is 20.1. The van der Waals surface area contributed by atoms with Crippen LogP contribution in [0.2, 0.25) is 5.02 Å². The molecule has 3 rings (SSSR count). The smallest absolute Gasteiger partial charge is 0.246 e. The van der Waals surface area contributed by atoms with Crippen molar-refractivity contribution in [2.24, 2.45) is 0 Å². The molecule has 0 saturated carbocycles. The van der Waals surface area contributed by atoms with Gasteiger partial charge in [-0.3, -0.25) is 4.79 Å². The van der Waals surface area contributed by atoms with Crippen LogP contribution in [0, 0.1) is 0 Å². The van der Waals surface area contributed by atoms with E-state index in [1.54, 1.807) is 6.07 Å². The predicted molar refractivity (Wildman–Crippen MR) is 110 cm³/mol. The topological polar surface area (TPSA) is 68.0 Å². The number of carbonyl (C=O) groups excluding carboxylic acids is 1. The Hall–Kier alpha value is -2.66. The number of aromatic nitrogens is 2. The Morgan fingerprint density at radius 2 is 1.82 bits per heavy atom. The molecule has 0 radical (unpaired) electrons. The summed E-state index contributed by atoms with van der Waals surface area (Å²) in [5.74, 6) is 0.698. The monoisotopic (exact) mass is 397 g/mol. The minimum Gasteiger partial charge on any atom is -0.347 e. The summed E-state index contributed by atoms with van der Waals surface area (Å²) < 4.78 is 5.20. The summed E-state index contributed by atoms with van der Waals surface area (Å²) in [6.45, 7) is 6.75. The molecule has 28 heavy (non-hydrogen) atoms. The van der Waals surface area contributed by atoms with Crippen LogP contribution in [0.4, 0.5) is 0 Å². The summed E-state index contributed by atoms with van der Waals surface area (Å²) in [6.07, 6.45) is 1.09. The third-order valence-electron chi connectivity index (χ3n) is 4.48. The SMILES string of the molecule is CC(C)(C)c1ccc(CCC(=O)NCc2nc(-c3ccccc3Cl)no2)cc1. The number of nitrogens with zero attached hydrogens (tertiary/aromatic N) is 2. The summed E-state index contributed by atoms with van der Waals surface area (Å²) in [7, 11) is 0. The van der Waals surface area contributed by atoms with Gasteiger partial charge in [0.2, 0.25) is 17.6 Å². The van der Waals surface area contributed by atoms with Crippen molar-refractivity contribution in [3.63, 3.8) is 0 Å². The Balaban J connectivity index is 1.49. The Morgan fingerprint density at radius 1 is 1.11 bits per heavy atom. The predicted octanol–water partition coefficient (Wildman–Crippen LogP) is 4.94. The summed E-state index contributed by atoms with van der Waals surface area (Å²) in [5, 5.41) is 7.29. The first-order valence-corrected chi connectivity index (χ1v) is 9.64. The van der Waals surface area contributed by atoms with Gasteiger partial charge in [-0.2, -0.15) is 4.98 Å². The van der Waals surface area contributed by atoms with E-state index in [-0.39, 0.29) is 17.9 Å². The molecule has 6 heteroatoms. The van der Waals surface area contributed by atoms with E-state index in [0.717, 1.165) is 5.56 Å². The van der Waals surface area contributed by atoms with Crippen molar-refractivity contribution < 1.29 is 9.32 Å². The van der Waals surface area contributed by atoms with Gasteiger partial charge in [-0.1, -0.05) is 73.9 Å². The van der Waals surface area contributed by atoms with Crippen molar-refractivity contribution in [2.75, 3.05) is 0 Å². The molecule has 1 amide bonds. The van der Waals surface area contributed by atoms with Crippen molar-refractivity contribution >= 4 is 17.5 Å². The molecule has 0 aliphatic carbocycles. The summed E-state index contributed by atoms with van der Waals surface area (Å²) >= 11 is 6.14. The van der Waals surface area contributed by atoms with Crippen molar-refractivity contribution in [3.8, 4) is 11.4 Å². The van der Waals surface area contributed by atoms with E-state index in [1.165, 1.54) is 5.56 Å². The maximum atomic E-state index is 12.1. The molecule has 1 heterocycles. The number of nitrogens with one attached hydrogen (secondary N) is 1. The molecule has 0 saturated heterocycles. The van der Waals surface area contributed by atoms with Gasteiger partial charge in [0.1, 0.15) is 0 Å². The average molecular weight is 398 g/mol. The van der Waals surface area contributed by atoms with E-state index >= 15 is 0 Å². The van der Waals surface area contributed by atoms with Gasteiger partial charge in [-0.25, -0.2) is 0 Å². The Morgan fingerprint density at radius 3 is 2.50 bits per heavy atom. The second-order valence-corrected chi connectivity index (χ2v) is 8.12. The highest BCUT2D eigenvalue weighted by Crippen LogP contribution is 2.25. The molecule has 0 spiro atoms. The van der Waals surface area contributed by atoms with Crippen molar-refractivity contribution in [2.45, 2.75) is 45.6 Å². The van der Waals surface area contributed by atoms with Gasteiger partial charge in [-0.15, -0.1) is 0 Å². The van der Waals surface area contributed by atoms with Crippen LogP contribution in [0.15, 0.2) is 53.1 Å². The molecule has 5 nitrogen and oxygen atoms in total. The standard InChI is InChI=1S/C22H24ClN3O2/c1-22(2,3)16-11-8-15(9-12-16)10-13-19(27)24-14-20-25-21(26-28-20)17-6-4-5-7-18(17)23/h4-9,11-12H,10,13-14H2,1-3H3,(H,24,27). The normalized spacial score (nSPS) is 11.4. The number of rotatable bonds is 6. The van der Waals surface area contributed by atoms with E-state index in [2.05, 4.69) is 60.5 Å². The van der Waals surface area contributed by atoms with Gasteiger partial charge >= 0.3 is 0 Å². The van der Waals surface area contributed by atoms with Gasteiger partial charge in [0.25, 0.3) is 0 Å². The molecule has 0 aliphatic heterocycles. The van der Waals surface area contributed by atoms with Crippen LogP contribution in [0.25, 0.3) is 11.4 Å². The molecule has 2 aromatic carbocycles. The van der Waals surface area contributed by atoms with Gasteiger partial charge in [0.05, 0.1) is 11.6 Å². The van der Waals surface area contributed by atoms with Gasteiger partial charge < -0.3 is 9.84 Å². The zero-order valence-corrected chi connectivity index (χ0v) is 17.1. The second kappa shape index (κ2) is 8.57. The lowest BCUT2D eigenvalue weighted by molar-refractivity contribution is -0.121. The van der Waals surface area contributed by atoms with Gasteiger partial charge in [-0.05, 0) is 35.1 Å². The summed E-state index contributed by atoms with van der Waals surface area (Å²) in [5.41, 5.74) is 3.25. The number of amides is 1. The van der Waals surface area contributed by atoms with Crippen LogP contribution in [-0.4, -0.2) is 16.0 Å². The molecule has 1 aromatic heterocycles. The third kappa shape index (κ3) is 5.20. The lowest BCUT2D eigenvalue weighted by Gasteiger charge is -2.19. The zero-order valence-electron chi connectivity index (χ0n) is 16.3. The molecule has 0 atom stereocenters. The number of hydrogen-bond donors (Lipinski definition) is 1. The number of halogens is 1. The maximum absolute atomic E-state index is 12.1. The number of aryl methyl sites for hydroxylation is 1. The van der Waals surface area contributed by atoms with Crippen LogP contribution in [0.3, 0.4) is 0 Å². The van der Waals surface area contributed by atoms with Crippen molar-refractivity contribution in [1.29, 1.82) is 0 Å². The van der Waals surface area contributed by atoms with E-state index in [9.17, 15) is 4.79 Å². The first-order valence-electron chi connectivity index (χ1n) is 9.26. The first-order chi connectivity index (χ1) is 13.3. The summed E-state index contributed by atoms with van der Waals surface area (Å²) in [6, 6.07) is 15.7. The van der Waals surface area contributed by atoms with Crippen LogP contribution in [0.1, 0.15) is 44.2 Å². The molecule has 146 valence electrons. The minimum absolute atomic E-state index is 0.0580. The fourth-order valence-corrected chi connectivity index (χ4v) is 2.99. The van der Waals surface area contributed by atoms with Gasteiger partial charge in [0, 0.05) is 12.0 Å². The van der Waals surface area contributed by atoms with E-state index < -0.39 is 0 Å². The fraction of sp³-hybridized carbons (Fsp3) is 0.318. The average Bonchev–Trinajstić information content (AvgIpc) is 3.13. The third-order valence-corrected chi connectivity index (χ3v) is 4.81. The Kier molecular flexibility index (Phi) is 6.15. The fourth-order valence-electron chi connectivity index (χ4n) is 2.77. The highest BCUT2D eigenvalue weighted by molar-refractivity contribution is 6.33. The highest BCUT2D eigenvalue weighted by Gasteiger charge is 2.14. The number of carbonyl (C=O) groups is 1. The number of hydrogen-bond acceptors (Lipinski definition) is 4. The maximum Gasteiger partial charge on any atom is 0.246 e. The molecule has 0 fully saturated rings. The first kappa shape index (κ1) is 20.1. The quantitative estimate of drug-likeness (QED) is 0.639. The molecule has 0 unspecified atom stereocenters. The Labute approximate surface area is 170 Å². The van der Waals surface area contributed by atoms with Crippen LogP contribution in [0.5, 0.6) is 0 Å². The van der Waals surface area contributed by atoms with Crippen molar-refractivity contribution in [3.05, 3.63) is 70.6 Å². The molecule has 0 aliphatic rings.